The fourth-order valence-electron chi connectivity index (χ4n) is 3.26. The van der Waals surface area contributed by atoms with Gasteiger partial charge >= 0.3 is 6.18 Å². The van der Waals surface area contributed by atoms with Crippen molar-refractivity contribution in [2.75, 3.05) is 11.5 Å². The summed E-state index contributed by atoms with van der Waals surface area (Å²) in [4.78, 5) is 17.9. The lowest BCUT2D eigenvalue weighted by atomic mass is 10.1. The lowest BCUT2D eigenvalue weighted by Gasteiger charge is -2.30. The first-order valence-electron chi connectivity index (χ1n) is 9.82. The zero-order valence-corrected chi connectivity index (χ0v) is 18.6. The summed E-state index contributed by atoms with van der Waals surface area (Å²) in [7, 11) is -3.64. The Morgan fingerprint density at radius 3 is 2.39 bits per heavy atom. The van der Waals surface area contributed by atoms with Crippen LogP contribution in [0.4, 0.5) is 13.2 Å². The Bertz CT molecular complexity index is 993. The van der Waals surface area contributed by atoms with Crippen molar-refractivity contribution in [3.8, 4) is 11.4 Å². The average molecular weight is 462 g/mol. The van der Waals surface area contributed by atoms with Crippen LogP contribution in [0.1, 0.15) is 45.6 Å². The molecular weight excluding hydrogens is 435 g/mol. The number of benzene rings is 1. The van der Waals surface area contributed by atoms with E-state index in [-0.39, 0.29) is 48.0 Å². The Balaban J connectivity index is 1.96. The summed E-state index contributed by atoms with van der Waals surface area (Å²) in [5, 5.41) is 3.67. The van der Waals surface area contributed by atoms with Crippen LogP contribution in [0, 0.1) is 0 Å². The molecule has 0 bridgehead atoms. The highest BCUT2D eigenvalue weighted by atomic mass is 32.2. The van der Waals surface area contributed by atoms with Crippen molar-refractivity contribution in [2.45, 2.75) is 58.8 Å². The van der Waals surface area contributed by atoms with Crippen molar-refractivity contribution in [1.29, 1.82) is 0 Å². The molecule has 1 aromatic carbocycles. The molecule has 0 aliphatic carbocycles. The van der Waals surface area contributed by atoms with Crippen LogP contribution in [0.25, 0.3) is 11.4 Å². The van der Waals surface area contributed by atoms with E-state index in [4.69, 9.17) is 4.52 Å². The number of sulfone groups is 1. The Hall–Kier alpha value is -2.43. The summed E-state index contributed by atoms with van der Waals surface area (Å²) in [5.41, 5.74) is -0.686. The SMILES string of the molecule is CC(C)N(C(=O)CS(=O)(=O)CCCc1nc(-c2cccc(C(F)(F)F)c2)no1)C(C)C. The van der Waals surface area contributed by atoms with Crippen LogP contribution in [0.5, 0.6) is 0 Å². The molecule has 172 valence electrons. The van der Waals surface area contributed by atoms with Gasteiger partial charge in [0.1, 0.15) is 5.75 Å². The lowest BCUT2D eigenvalue weighted by molar-refractivity contribution is -0.137. The molecule has 0 atom stereocenters. The molecule has 0 unspecified atom stereocenters. The summed E-state index contributed by atoms with van der Waals surface area (Å²) in [6.07, 6.45) is -4.23. The van der Waals surface area contributed by atoms with Gasteiger partial charge in [-0.25, -0.2) is 8.42 Å². The molecule has 11 heteroatoms. The summed E-state index contributed by atoms with van der Waals surface area (Å²) in [6.45, 7) is 7.29. The topological polar surface area (TPSA) is 93.4 Å². The molecule has 7 nitrogen and oxygen atoms in total. The number of hydrogen-bond donors (Lipinski definition) is 0. The first kappa shape index (κ1) is 24.8. The highest BCUT2D eigenvalue weighted by Gasteiger charge is 2.31. The van der Waals surface area contributed by atoms with Crippen molar-refractivity contribution in [2.24, 2.45) is 0 Å². The van der Waals surface area contributed by atoms with E-state index < -0.39 is 33.2 Å². The number of hydrogen-bond acceptors (Lipinski definition) is 6. The van der Waals surface area contributed by atoms with E-state index in [1.165, 1.54) is 17.0 Å². The Kier molecular flexibility index (Phi) is 7.85. The molecule has 2 rings (SSSR count). The second-order valence-corrected chi connectivity index (χ2v) is 9.96. The fraction of sp³-hybridized carbons (Fsp3) is 0.550. The summed E-state index contributed by atoms with van der Waals surface area (Å²) < 4.78 is 68.2. The van der Waals surface area contributed by atoms with Crippen molar-refractivity contribution < 1.29 is 30.9 Å². The van der Waals surface area contributed by atoms with Gasteiger partial charge in [-0.15, -0.1) is 0 Å². The number of carbonyl (C=O) groups is 1. The van der Waals surface area contributed by atoms with Crippen LogP contribution in [-0.2, 0) is 27.2 Å². The largest absolute Gasteiger partial charge is 0.416 e. The summed E-state index contributed by atoms with van der Waals surface area (Å²) in [5.74, 6) is -1.18. The van der Waals surface area contributed by atoms with Crippen LogP contribution < -0.4 is 0 Å². The van der Waals surface area contributed by atoms with Gasteiger partial charge in [0.25, 0.3) is 0 Å². The zero-order chi connectivity index (χ0) is 23.4. The second kappa shape index (κ2) is 9.80. The minimum absolute atomic E-state index is 0.0105. The molecule has 0 saturated heterocycles. The second-order valence-electron chi connectivity index (χ2n) is 7.77. The van der Waals surface area contributed by atoms with Crippen LogP contribution >= 0.6 is 0 Å². The van der Waals surface area contributed by atoms with E-state index >= 15 is 0 Å². The van der Waals surface area contributed by atoms with Gasteiger partial charge in [-0.2, -0.15) is 18.2 Å². The van der Waals surface area contributed by atoms with E-state index in [1.54, 1.807) is 0 Å². The first-order chi connectivity index (χ1) is 14.3. The zero-order valence-electron chi connectivity index (χ0n) is 17.8. The number of aryl methyl sites for hydroxylation is 1. The third-order valence-electron chi connectivity index (χ3n) is 4.51. The van der Waals surface area contributed by atoms with Gasteiger partial charge in [-0.3, -0.25) is 4.79 Å². The maximum absolute atomic E-state index is 12.8. The molecule has 0 saturated carbocycles. The smallest absolute Gasteiger partial charge is 0.339 e. The van der Waals surface area contributed by atoms with Crippen LogP contribution in [0.15, 0.2) is 28.8 Å². The number of rotatable bonds is 9. The monoisotopic (exact) mass is 461 g/mol. The summed E-state index contributed by atoms with van der Waals surface area (Å²) >= 11 is 0. The average Bonchev–Trinajstić information content (AvgIpc) is 3.08. The van der Waals surface area contributed by atoms with E-state index in [0.29, 0.717) is 0 Å². The van der Waals surface area contributed by atoms with E-state index in [9.17, 15) is 26.4 Å². The van der Waals surface area contributed by atoms with Crippen molar-refractivity contribution >= 4 is 15.7 Å². The van der Waals surface area contributed by atoms with Gasteiger partial charge in [-0.1, -0.05) is 17.3 Å². The number of alkyl halides is 3. The quantitative estimate of drug-likeness (QED) is 0.565. The number of aromatic nitrogens is 2. The Labute approximate surface area is 179 Å². The molecule has 0 spiro atoms. The van der Waals surface area contributed by atoms with Gasteiger partial charge in [0.2, 0.25) is 17.6 Å². The van der Waals surface area contributed by atoms with Gasteiger partial charge < -0.3 is 9.42 Å². The molecule has 1 aromatic heterocycles. The van der Waals surface area contributed by atoms with E-state index in [0.717, 1.165) is 12.1 Å². The maximum Gasteiger partial charge on any atom is 0.416 e. The molecule has 0 N–H and O–H groups in total. The predicted molar refractivity (Wildman–Crippen MR) is 109 cm³/mol. The number of carbonyl (C=O) groups excluding carboxylic acids is 1. The van der Waals surface area contributed by atoms with Crippen molar-refractivity contribution in [1.82, 2.24) is 15.0 Å². The standard InChI is InChI=1S/C20H26F3N3O4S/c1-13(2)26(14(3)4)18(27)12-31(28,29)10-6-9-17-24-19(25-30-17)15-7-5-8-16(11-15)20(21,22)23/h5,7-8,11,13-14H,6,9-10,12H2,1-4H3. The number of amides is 1. The first-order valence-corrected chi connectivity index (χ1v) is 11.6. The maximum atomic E-state index is 12.8. The van der Waals surface area contributed by atoms with Crippen LogP contribution in [-0.4, -0.2) is 53.0 Å². The van der Waals surface area contributed by atoms with Crippen molar-refractivity contribution in [3.05, 3.63) is 35.7 Å². The molecule has 0 aliphatic rings. The molecule has 0 fully saturated rings. The van der Waals surface area contributed by atoms with Crippen molar-refractivity contribution in [3.63, 3.8) is 0 Å². The number of halogens is 3. The molecule has 1 amide bonds. The van der Waals surface area contributed by atoms with Gasteiger partial charge in [0, 0.05) is 24.1 Å². The molecule has 31 heavy (non-hydrogen) atoms. The molecule has 1 heterocycles. The Morgan fingerprint density at radius 2 is 1.81 bits per heavy atom. The molecule has 0 aliphatic heterocycles. The Morgan fingerprint density at radius 1 is 1.16 bits per heavy atom. The number of nitrogens with zero attached hydrogens (tertiary/aromatic N) is 3. The lowest BCUT2D eigenvalue weighted by Crippen LogP contribution is -2.45. The van der Waals surface area contributed by atoms with Gasteiger partial charge in [0.15, 0.2) is 9.84 Å². The highest BCUT2D eigenvalue weighted by Crippen LogP contribution is 2.31. The summed E-state index contributed by atoms with van der Waals surface area (Å²) in [6, 6.07) is 4.30. The molecule has 0 radical (unpaired) electrons. The van der Waals surface area contributed by atoms with Crippen LogP contribution in [0.3, 0.4) is 0 Å². The van der Waals surface area contributed by atoms with Gasteiger partial charge in [0.05, 0.1) is 11.3 Å². The van der Waals surface area contributed by atoms with Gasteiger partial charge in [-0.05, 0) is 46.2 Å². The van der Waals surface area contributed by atoms with E-state index in [1.807, 2.05) is 27.7 Å². The fourth-order valence-corrected chi connectivity index (χ4v) is 4.51. The minimum Gasteiger partial charge on any atom is -0.339 e. The van der Waals surface area contributed by atoms with E-state index in [2.05, 4.69) is 10.1 Å². The predicted octanol–water partition coefficient (Wildman–Crippen LogP) is 3.75. The molecular formula is C20H26F3N3O4S. The van der Waals surface area contributed by atoms with Crippen LogP contribution in [0.2, 0.25) is 0 Å². The molecule has 2 aromatic rings. The highest BCUT2D eigenvalue weighted by molar-refractivity contribution is 7.92. The normalized spacial score (nSPS) is 12.5. The minimum atomic E-state index is -4.49. The third kappa shape index (κ3) is 7.05. The third-order valence-corrected chi connectivity index (χ3v) is 6.10.